The summed E-state index contributed by atoms with van der Waals surface area (Å²) in [6, 6.07) is 5.40. The van der Waals surface area contributed by atoms with Gasteiger partial charge in [-0.05, 0) is 24.6 Å². The number of benzene rings is 1. The van der Waals surface area contributed by atoms with Crippen molar-refractivity contribution in [3.8, 4) is 5.75 Å². The highest BCUT2D eigenvalue weighted by molar-refractivity contribution is 5.94. The molecule has 19 heavy (non-hydrogen) atoms. The van der Waals surface area contributed by atoms with Gasteiger partial charge < -0.3 is 9.64 Å². The molecule has 0 fully saturated rings. The number of nitrogens with zero attached hydrogens (tertiary/aromatic N) is 3. The monoisotopic (exact) mass is 260 g/mol. The third kappa shape index (κ3) is 2.90. The zero-order valence-electron chi connectivity index (χ0n) is 11.2. The summed E-state index contributed by atoms with van der Waals surface area (Å²) < 4.78 is 5.22. The van der Waals surface area contributed by atoms with Crippen molar-refractivity contribution >= 4 is 5.91 Å². The smallest absolute Gasteiger partial charge is 0.254 e. The predicted octanol–water partition coefficient (Wildman–Crippen LogP) is 1.39. The normalized spacial score (nSPS) is 10.3. The van der Waals surface area contributed by atoms with E-state index in [1.165, 1.54) is 6.33 Å². The van der Waals surface area contributed by atoms with Gasteiger partial charge in [-0.2, -0.15) is 5.10 Å². The minimum atomic E-state index is -0.0882. The Morgan fingerprint density at radius 3 is 2.89 bits per heavy atom. The van der Waals surface area contributed by atoms with Crippen LogP contribution < -0.4 is 4.74 Å². The number of aromatic amines is 1. The van der Waals surface area contributed by atoms with Gasteiger partial charge in [0.1, 0.15) is 17.9 Å². The third-order valence-corrected chi connectivity index (χ3v) is 2.85. The molecule has 0 spiro atoms. The summed E-state index contributed by atoms with van der Waals surface area (Å²) >= 11 is 0. The Morgan fingerprint density at radius 2 is 2.26 bits per heavy atom. The van der Waals surface area contributed by atoms with E-state index in [1.54, 1.807) is 31.2 Å². The summed E-state index contributed by atoms with van der Waals surface area (Å²) in [5.41, 5.74) is 1.58. The van der Waals surface area contributed by atoms with Crippen molar-refractivity contribution in [3.05, 3.63) is 41.5 Å². The fourth-order valence-corrected chi connectivity index (χ4v) is 1.78. The van der Waals surface area contributed by atoms with Crippen LogP contribution in [0.5, 0.6) is 5.75 Å². The number of rotatable bonds is 4. The van der Waals surface area contributed by atoms with Crippen LogP contribution in [0.2, 0.25) is 0 Å². The number of carbonyl (C=O) groups is 1. The van der Waals surface area contributed by atoms with Crippen LogP contribution >= 0.6 is 0 Å². The largest absolute Gasteiger partial charge is 0.496 e. The van der Waals surface area contributed by atoms with Crippen molar-refractivity contribution in [1.29, 1.82) is 0 Å². The lowest BCUT2D eigenvalue weighted by Crippen LogP contribution is -2.26. The molecule has 0 aliphatic carbocycles. The maximum atomic E-state index is 12.3. The average molecular weight is 260 g/mol. The van der Waals surface area contributed by atoms with E-state index in [0.29, 0.717) is 23.7 Å². The summed E-state index contributed by atoms with van der Waals surface area (Å²) in [6.07, 6.45) is 1.42. The molecule has 0 aliphatic rings. The molecule has 0 bridgehead atoms. The number of ether oxygens (including phenoxy) is 1. The molecule has 1 heterocycles. The quantitative estimate of drug-likeness (QED) is 0.901. The lowest BCUT2D eigenvalue weighted by atomic mass is 10.1. The van der Waals surface area contributed by atoms with E-state index < -0.39 is 0 Å². The Balaban J connectivity index is 2.14. The van der Waals surface area contributed by atoms with E-state index in [1.807, 2.05) is 13.0 Å². The summed E-state index contributed by atoms with van der Waals surface area (Å²) in [5, 5.41) is 6.48. The molecule has 1 amide bonds. The van der Waals surface area contributed by atoms with Gasteiger partial charge in [-0.15, -0.1) is 0 Å². The molecule has 0 saturated heterocycles. The maximum Gasteiger partial charge on any atom is 0.254 e. The molecular formula is C13H16N4O2. The number of hydrogen-bond donors (Lipinski definition) is 1. The van der Waals surface area contributed by atoms with Crippen LogP contribution in [0.1, 0.15) is 21.7 Å². The van der Waals surface area contributed by atoms with E-state index in [4.69, 9.17) is 4.74 Å². The van der Waals surface area contributed by atoms with Crippen molar-refractivity contribution in [1.82, 2.24) is 20.1 Å². The molecule has 0 radical (unpaired) electrons. The van der Waals surface area contributed by atoms with E-state index in [2.05, 4.69) is 15.2 Å². The molecule has 2 rings (SSSR count). The van der Waals surface area contributed by atoms with Gasteiger partial charge in [0.15, 0.2) is 0 Å². The van der Waals surface area contributed by atoms with E-state index >= 15 is 0 Å². The number of amides is 1. The fraction of sp³-hybridized carbons (Fsp3) is 0.308. The van der Waals surface area contributed by atoms with Crippen LogP contribution in [0.3, 0.4) is 0 Å². The molecule has 0 atom stereocenters. The highest BCUT2D eigenvalue weighted by Gasteiger charge is 2.14. The summed E-state index contributed by atoms with van der Waals surface area (Å²) in [4.78, 5) is 17.8. The minimum absolute atomic E-state index is 0.0882. The Bertz CT molecular complexity index is 566. The molecule has 1 aromatic carbocycles. The van der Waals surface area contributed by atoms with Gasteiger partial charge in [-0.1, -0.05) is 6.07 Å². The first-order valence-corrected chi connectivity index (χ1v) is 5.86. The van der Waals surface area contributed by atoms with Crippen LogP contribution in [0.15, 0.2) is 24.5 Å². The van der Waals surface area contributed by atoms with Crippen molar-refractivity contribution in [3.63, 3.8) is 0 Å². The molecule has 0 saturated carbocycles. The second-order valence-corrected chi connectivity index (χ2v) is 4.28. The molecule has 6 heteroatoms. The van der Waals surface area contributed by atoms with Crippen molar-refractivity contribution in [2.45, 2.75) is 13.5 Å². The van der Waals surface area contributed by atoms with Crippen molar-refractivity contribution < 1.29 is 9.53 Å². The molecule has 0 unspecified atom stereocenters. The van der Waals surface area contributed by atoms with Crippen LogP contribution in [0.4, 0.5) is 0 Å². The summed E-state index contributed by atoms with van der Waals surface area (Å²) in [5.74, 6) is 1.27. The standard InChI is InChI=1S/C13H16N4O2/c1-9-4-5-10(6-11(9)19-3)13(18)17(2)7-12-14-8-15-16-12/h4-6,8H,7H2,1-3H3,(H,14,15,16). The van der Waals surface area contributed by atoms with E-state index in [0.717, 1.165) is 5.56 Å². The molecular weight excluding hydrogens is 244 g/mol. The number of aryl methyl sites for hydroxylation is 1. The highest BCUT2D eigenvalue weighted by atomic mass is 16.5. The first kappa shape index (κ1) is 13.1. The molecule has 2 aromatic rings. The van der Waals surface area contributed by atoms with Crippen molar-refractivity contribution in [2.75, 3.05) is 14.2 Å². The molecule has 1 N–H and O–H groups in total. The predicted molar refractivity (Wildman–Crippen MR) is 69.9 cm³/mol. The average Bonchev–Trinajstić information content (AvgIpc) is 2.91. The van der Waals surface area contributed by atoms with E-state index in [9.17, 15) is 4.79 Å². The number of nitrogens with one attached hydrogen (secondary N) is 1. The first-order valence-electron chi connectivity index (χ1n) is 5.86. The fourth-order valence-electron chi connectivity index (χ4n) is 1.78. The first-order chi connectivity index (χ1) is 9.11. The van der Waals surface area contributed by atoms with Crippen LogP contribution in [0.25, 0.3) is 0 Å². The van der Waals surface area contributed by atoms with Gasteiger partial charge in [0.2, 0.25) is 0 Å². The maximum absolute atomic E-state index is 12.3. The summed E-state index contributed by atoms with van der Waals surface area (Å²) in [6.45, 7) is 2.32. The molecule has 100 valence electrons. The van der Waals surface area contributed by atoms with Crippen LogP contribution in [0, 0.1) is 6.92 Å². The Hall–Kier alpha value is -2.37. The Labute approximate surface area is 111 Å². The third-order valence-electron chi connectivity index (χ3n) is 2.85. The van der Waals surface area contributed by atoms with Gasteiger partial charge in [-0.3, -0.25) is 9.89 Å². The van der Waals surface area contributed by atoms with Crippen molar-refractivity contribution in [2.24, 2.45) is 0 Å². The van der Waals surface area contributed by atoms with Gasteiger partial charge in [-0.25, -0.2) is 4.98 Å². The number of hydrogen-bond acceptors (Lipinski definition) is 4. The lowest BCUT2D eigenvalue weighted by Gasteiger charge is -2.16. The molecule has 6 nitrogen and oxygen atoms in total. The minimum Gasteiger partial charge on any atom is -0.496 e. The van der Waals surface area contributed by atoms with E-state index in [-0.39, 0.29) is 5.91 Å². The van der Waals surface area contributed by atoms with Gasteiger partial charge in [0.05, 0.1) is 13.7 Å². The van der Waals surface area contributed by atoms with Gasteiger partial charge in [0.25, 0.3) is 5.91 Å². The van der Waals surface area contributed by atoms with Gasteiger partial charge in [0, 0.05) is 12.6 Å². The molecule has 0 aliphatic heterocycles. The summed E-state index contributed by atoms with van der Waals surface area (Å²) in [7, 11) is 3.31. The Kier molecular flexibility index (Phi) is 3.79. The van der Waals surface area contributed by atoms with Crippen LogP contribution in [-0.2, 0) is 6.54 Å². The topological polar surface area (TPSA) is 71.1 Å². The second-order valence-electron chi connectivity index (χ2n) is 4.28. The number of methoxy groups -OCH3 is 1. The number of carbonyl (C=O) groups excluding carboxylic acids is 1. The van der Waals surface area contributed by atoms with Crippen LogP contribution in [-0.4, -0.2) is 40.1 Å². The lowest BCUT2D eigenvalue weighted by molar-refractivity contribution is 0.0781. The van der Waals surface area contributed by atoms with Gasteiger partial charge >= 0.3 is 0 Å². The highest BCUT2D eigenvalue weighted by Crippen LogP contribution is 2.20. The molecule has 1 aromatic heterocycles. The Morgan fingerprint density at radius 1 is 1.47 bits per heavy atom. The number of aromatic nitrogens is 3. The number of H-pyrrole nitrogens is 1. The second kappa shape index (κ2) is 5.51. The zero-order valence-corrected chi connectivity index (χ0v) is 11.2. The SMILES string of the molecule is COc1cc(C(=O)N(C)Cc2ncn[nH]2)ccc1C. The zero-order chi connectivity index (χ0) is 13.8.